The quantitative estimate of drug-likeness (QED) is 0.837. The molecule has 2 aromatic rings. The molecule has 0 amide bonds. The summed E-state index contributed by atoms with van der Waals surface area (Å²) >= 11 is 0. The van der Waals surface area contributed by atoms with Crippen LogP contribution in [0.2, 0.25) is 0 Å². The van der Waals surface area contributed by atoms with E-state index in [1.54, 1.807) is 18.3 Å². The summed E-state index contributed by atoms with van der Waals surface area (Å²) < 4.78 is 26.9. The van der Waals surface area contributed by atoms with Gasteiger partial charge in [-0.1, -0.05) is 6.07 Å². The Morgan fingerprint density at radius 1 is 1.47 bits per heavy atom. The van der Waals surface area contributed by atoms with Crippen molar-refractivity contribution in [1.82, 2.24) is 9.55 Å². The molecular formula is C12H13FN2OS. The molecule has 0 radical (unpaired) electrons. The van der Waals surface area contributed by atoms with Gasteiger partial charge in [-0.3, -0.25) is 4.21 Å². The van der Waals surface area contributed by atoms with Gasteiger partial charge in [0.15, 0.2) is 0 Å². The maximum absolute atomic E-state index is 13.0. The second-order valence-electron chi connectivity index (χ2n) is 3.58. The normalized spacial score (nSPS) is 12.6. The molecule has 90 valence electrons. The van der Waals surface area contributed by atoms with Crippen LogP contribution < -0.4 is 0 Å². The number of aromatic nitrogens is 2. The van der Waals surface area contributed by atoms with Crippen molar-refractivity contribution in [1.29, 1.82) is 0 Å². The molecule has 0 fully saturated rings. The van der Waals surface area contributed by atoms with Crippen LogP contribution >= 0.6 is 0 Å². The standard InChI is InChI=1S/C12H13FN2OS/c1-2-15-7-6-14-12(15)9-17(16)11-5-3-4-10(13)8-11/h3-8H,2,9H2,1H3. The summed E-state index contributed by atoms with van der Waals surface area (Å²) in [7, 11) is -1.26. The Balaban J connectivity index is 2.17. The zero-order valence-corrected chi connectivity index (χ0v) is 10.3. The average Bonchev–Trinajstić information content (AvgIpc) is 2.76. The summed E-state index contributed by atoms with van der Waals surface area (Å²) in [6, 6.07) is 5.87. The fourth-order valence-electron chi connectivity index (χ4n) is 1.58. The van der Waals surface area contributed by atoms with Crippen molar-refractivity contribution in [2.45, 2.75) is 24.1 Å². The van der Waals surface area contributed by atoms with E-state index in [1.807, 2.05) is 17.7 Å². The van der Waals surface area contributed by atoms with Gasteiger partial charge in [0.25, 0.3) is 0 Å². The van der Waals surface area contributed by atoms with E-state index >= 15 is 0 Å². The van der Waals surface area contributed by atoms with Crippen LogP contribution in [0.3, 0.4) is 0 Å². The molecule has 5 heteroatoms. The molecule has 1 atom stereocenters. The first kappa shape index (κ1) is 12.0. The minimum atomic E-state index is -1.26. The molecule has 1 aromatic carbocycles. The lowest BCUT2D eigenvalue weighted by Gasteiger charge is -2.05. The van der Waals surface area contributed by atoms with Gasteiger partial charge in [-0.25, -0.2) is 9.37 Å². The van der Waals surface area contributed by atoms with Gasteiger partial charge in [-0.15, -0.1) is 0 Å². The molecule has 0 saturated heterocycles. The third-order valence-corrected chi connectivity index (χ3v) is 3.76. The molecule has 1 aromatic heterocycles. The first-order valence-corrected chi connectivity index (χ1v) is 6.66. The number of imidazole rings is 1. The van der Waals surface area contributed by atoms with Crippen LogP contribution in [0.25, 0.3) is 0 Å². The molecule has 1 heterocycles. The molecule has 0 saturated carbocycles. The Morgan fingerprint density at radius 2 is 2.29 bits per heavy atom. The highest BCUT2D eigenvalue weighted by molar-refractivity contribution is 7.84. The minimum absolute atomic E-state index is 0.310. The molecule has 1 unspecified atom stereocenters. The van der Waals surface area contributed by atoms with Gasteiger partial charge in [0.05, 0.1) is 16.6 Å². The van der Waals surface area contributed by atoms with E-state index in [1.165, 1.54) is 12.1 Å². The predicted molar refractivity (Wildman–Crippen MR) is 64.4 cm³/mol. The number of nitrogens with zero attached hydrogens (tertiary/aromatic N) is 2. The third kappa shape index (κ3) is 2.79. The van der Waals surface area contributed by atoms with Crippen LogP contribution in [0.4, 0.5) is 4.39 Å². The zero-order valence-electron chi connectivity index (χ0n) is 9.47. The van der Waals surface area contributed by atoms with E-state index in [0.29, 0.717) is 10.6 Å². The smallest absolute Gasteiger partial charge is 0.124 e. The van der Waals surface area contributed by atoms with Crippen LogP contribution in [0.1, 0.15) is 12.7 Å². The van der Waals surface area contributed by atoms with Crippen molar-refractivity contribution in [3.8, 4) is 0 Å². The highest BCUT2D eigenvalue weighted by Gasteiger charge is 2.09. The Kier molecular flexibility index (Phi) is 3.68. The summed E-state index contributed by atoms with van der Waals surface area (Å²) in [4.78, 5) is 4.65. The average molecular weight is 252 g/mol. The van der Waals surface area contributed by atoms with Crippen LogP contribution in [0.15, 0.2) is 41.6 Å². The first-order chi connectivity index (χ1) is 8.20. The van der Waals surface area contributed by atoms with E-state index in [4.69, 9.17) is 0 Å². The van der Waals surface area contributed by atoms with Gasteiger partial charge in [0, 0.05) is 23.8 Å². The molecule has 0 aliphatic heterocycles. The van der Waals surface area contributed by atoms with E-state index in [0.717, 1.165) is 12.4 Å². The lowest BCUT2D eigenvalue weighted by Crippen LogP contribution is -2.05. The summed E-state index contributed by atoms with van der Waals surface area (Å²) in [6.07, 6.45) is 3.53. The molecule has 3 nitrogen and oxygen atoms in total. The van der Waals surface area contributed by atoms with Crippen LogP contribution in [0, 0.1) is 5.82 Å². The van der Waals surface area contributed by atoms with Gasteiger partial charge in [0.1, 0.15) is 11.6 Å². The van der Waals surface area contributed by atoms with Crippen LogP contribution in [-0.4, -0.2) is 13.8 Å². The Morgan fingerprint density at radius 3 is 3.00 bits per heavy atom. The maximum Gasteiger partial charge on any atom is 0.124 e. The Labute approximate surface area is 102 Å². The summed E-state index contributed by atoms with van der Waals surface area (Å²) in [6.45, 7) is 2.78. The molecule has 0 N–H and O–H groups in total. The lowest BCUT2D eigenvalue weighted by atomic mass is 10.4. The minimum Gasteiger partial charge on any atom is -0.334 e. The SMILES string of the molecule is CCn1ccnc1CS(=O)c1cccc(F)c1. The zero-order chi connectivity index (χ0) is 12.3. The fraction of sp³-hybridized carbons (Fsp3) is 0.250. The van der Waals surface area contributed by atoms with Gasteiger partial charge in [0.2, 0.25) is 0 Å². The summed E-state index contributed by atoms with van der Waals surface area (Å²) in [5, 5.41) is 0. The third-order valence-electron chi connectivity index (χ3n) is 2.46. The van der Waals surface area contributed by atoms with Gasteiger partial charge in [-0.2, -0.15) is 0 Å². The van der Waals surface area contributed by atoms with E-state index < -0.39 is 10.8 Å². The molecule has 0 bridgehead atoms. The molecular weight excluding hydrogens is 239 g/mol. The maximum atomic E-state index is 13.0. The highest BCUT2D eigenvalue weighted by atomic mass is 32.2. The molecule has 2 rings (SSSR count). The van der Waals surface area contributed by atoms with E-state index in [-0.39, 0.29) is 5.82 Å². The van der Waals surface area contributed by atoms with Crippen molar-refractivity contribution >= 4 is 10.8 Å². The predicted octanol–water partition coefficient (Wildman–Crippen LogP) is 2.35. The van der Waals surface area contributed by atoms with Gasteiger partial charge < -0.3 is 4.57 Å². The molecule has 0 aliphatic rings. The number of rotatable bonds is 4. The van der Waals surface area contributed by atoms with Crippen LogP contribution in [-0.2, 0) is 23.1 Å². The molecule has 0 spiro atoms. The topological polar surface area (TPSA) is 34.9 Å². The largest absolute Gasteiger partial charge is 0.334 e. The summed E-state index contributed by atoms with van der Waals surface area (Å²) in [5.41, 5.74) is 0. The van der Waals surface area contributed by atoms with E-state index in [2.05, 4.69) is 4.98 Å². The summed E-state index contributed by atoms with van der Waals surface area (Å²) in [5.74, 6) is 0.703. The van der Waals surface area contributed by atoms with Gasteiger partial charge >= 0.3 is 0 Å². The fourth-order valence-corrected chi connectivity index (χ4v) is 2.69. The Bertz CT molecular complexity index is 539. The highest BCUT2D eigenvalue weighted by Crippen LogP contribution is 2.12. The first-order valence-electron chi connectivity index (χ1n) is 5.34. The van der Waals surface area contributed by atoms with Crippen molar-refractivity contribution in [3.63, 3.8) is 0 Å². The number of aryl methyl sites for hydroxylation is 1. The molecule has 17 heavy (non-hydrogen) atoms. The Hall–Kier alpha value is -1.49. The number of halogens is 1. The van der Waals surface area contributed by atoms with E-state index in [9.17, 15) is 8.60 Å². The van der Waals surface area contributed by atoms with Crippen molar-refractivity contribution in [2.24, 2.45) is 0 Å². The number of benzene rings is 1. The number of hydrogen-bond donors (Lipinski definition) is 0. The van der Waals surface area contributed by atoms with Crippen molar-refractivity contribution < 1.29 is 8.60 Å². The van der Waals surface area contributed by atoms with Crippen molar-refractivity contribution in [2.75, 3.05) is 0 Å². The number of hydrogen-bond acceptors (Lipinski definition) is 2. The van der Waals surface area contributed by atoms with Crippen molar-refractivity contribution in [3.05, 3.63) is 48.3 Å². The second-order valence-corrected chi connectivity index (χ2v) is 5.03. The van der Waals surface area contributed by atoms with Crippen LogP contribution in [0.5, 0.6) is 0 Å². The monoisotopic (exact) mass is 252 g/mol. The second kappa shape index (κ2) is 5.23. The molecule has 0 aliphatic carbocycles. The lowest BCUT2D eigenvalue weighted by molar-refractivity contribution is 0.622. The van der Waals surface area contributed by atoms with Gasteiger partial charge in [-0.05, 0) is 25.1 Å².